The molecule has 0 saturated carbocycles. The predicted molar refractivity (Wildman–Crippen MR) is 80.0 cm³/mol. The maximum absolute atomic E-state index is 10.4. The number of halogens is 3. The van der Waals surface area contributed by atoms with Crippen LogP contribution in [0, 0.1) is 6.92 Å². The molecule has 1 aromatic heterocycles. The summed E-state index contributed by atoms with van der Waals surface area (Å²) in [5.41, 5.74) is 1.74. The minimum Gasteiger partial charge on any atom is -0.384 e. The predicted octanol–water partition coefficient (Wildman–Crippen LogP) is 5.32. The number of rotatable bonds is 2. The Bertz CT molecular complexity index is 553. The molecule has 0 amide bonds. The van der Waals surface area contributed by atoms with E-state index in [1.54, 1.807) is 23.5 Å². The monoisotopic (exact) mass is 394 g/mol. The smallest absolute Gasteiger partial charge is 0.106 e. The molecule has 2 rings (SSSR count). The number of thiophene rings is 1. The molecule has 1 nitrogen and oxygen atoms in total. The molecule has 1 N–H and O–H groups in total. The number of hydrogen-bond acceptors (Lipinski definition) is 2. The van der Waals surface area contributed by atoms with Crippen molar-refractivity contribution in [2.75, 3.05) is 0 Å². The molecule has 0 aliphatic rings. The maximum atomic E-state index is 10.4. The zero-order valence-corrected chi connectivity index (χ0v) is 13.6. The Morgan fingerprint density at radius 2 is 1.94 bits per heavy atom. The first-order valence-corrected chi connectivity index (χ1v) is 7.66. The van der Waals surface area contributed by atoms with Crippen LogP contribution in [-0.4, -0.2) is 5.11 Å². The van der Waals surface area contributed by atoms with Crippen LogP contribution in [0.25, 0.3) is 0 Å². The van der Waals surface area contributed by atoms with Crippen molar-refractivity contribution < 1.29 is 5.11 Å². The van der Waals surface area contributed by atoms with Gasteiger partial charge in [0.15, 0.2) is 0 Å². The Morgan fingerprint density at radius 3 is 2.47 bits per heavy atom. The SMILES string of the molecule is Cc1sc(Br)cc1C(O)c1ccc(Cl)cc1Br. The molecule has 90 valence electrons. The van der Waals surface area contributed by atoms with Crippen LogP contribution in [0.2, 0.25) is 5.02 Å². The zero-order valence-electron chi connectivity index (χ0n) is 8.88. The highest BCUT2D eigenvalue weighted by atomic mass is 79.9. The standard InChI is InChI=1S/C12H9Br2ClOS/c1-6-9(5-11(14)17-6)12(16)8-3-2-7(15)4-10(8)13/h2-5,12,16H,1H3. The van der Waals surface area contributed by atoms with Crippen LogP contribution in [0.5, 0.6) is 0 Å². The van der Waals surface area contributed by atoms with Crippen molar-refractivity contribution in [1.29, 1.82) is 0 Å². The van der Waals surface area contributed by atoms with Crippen molar-refractivity contribution in [2.24, 2.45) is 0 Å². The molecule has 5 heteroatoms. The molecule has 1 atom stereocenters. The van der Waals surface area contributed by atoms with Crippen molar-refractivity contribution in [3.05, 3.63) is 53.6 Å². The van der Waals surface area contributed by atoms with Gasteiger partial charge in [-0.25, -0.2) is 0 Å². The van der Waals surface area contributed by atoms with E-state index in [1.807, 2.05) is 19.1 Å². The summed E-state index contributed by atoms with van der Waals surface area (Å²) >= 11 is 14.4. The summed E-state index contributed by atoms with van der Waals surface area (Å²) in [5.74, 6) is 0. The lowest BCUT2D eigenvalue weighted by Gasteiger charge is -2.13. The summed E-state index contributed by atoms with van der Waals surface area (Å²) in [4.78, 5) is 1.10. The average Bonchev–Trinajstić information content (AvgIpc) is 2.57. The van der Waals surface area contributed by atoms with Crippen LogP contribution >= 0.6 is 54.8 Å². The number of aliphatic hydroxyl groups is 1. The number of aliphatic hydroxyl groups excluding tert-OH is 1. The summed E-state index contributed by atoms with van der Waals surface area (Å²) < 4.78 is 1.84. The molecule has 1 unspecified atom stereocenters. The van der Waals surface area contributed by atoms with E-state index in [9.17, 15) is 5.11 Å². The van der Waals surface area contributed by atoms with Gasteiger partial charge in [0, 0.05) is 14.4 Å². The van der Waals surface area contributed by atoms with Crippen LogP contribution in [0.3, 0.4) is 0 Å². The van der Waals surface area contributed by atoms with E-state index in [0.717, 1.165) is 24.3 Å². The van der Waals surface area contributed by atoms with E-state index in [2.05, 4.69) is 31.9 Å². The average molecular weight is 397 g/mol. The molecular formula is C12H9Br2ClOS. The van der Waals surface area contributed by atoms with Gasteiger partial charge in [-0.05, 0) is 52.2 Å². The summed E-state index contributed by atoms with van der Waals surface area (Å²) in [6, 6.07) is 7.35. The third-order valence-corrected chi connectivity index (χ3v) is 4.97. The fourth-order valence-corrected chi connectivity index (χ4v) is 4.26. The molecule has 2 aromatic rings. The van der Waals surface area contributed by atoms with Gasteiger partial charge in [0.2, 0.25) is 0 Å². The van der Waals surface area contributed by atoms with Gasteiger partial charge in [-0.2, -0.15) is 0 Å². The van der Waals surface area contributed by atoms with Crippen LogP contribution in [0.4, 0.5) is 0 Å². The van der Waals surface area contributed by atoms with Gasteiger partial charge in [-0.1, -0.05) is 33.6 Å². The molecular weight excluding hydrogens is 387 g/mol. The highest BCUT2D eigenvalue weighted by Crippen LogP contribution is 2.36. The van der Waals surface area contributed by atoms with Crippen molar-refractivity contribution in [2.45, 2.75) is 13.0 Å². The van der Waals surface area contributed by atoms with E-state index in [0.29, 0.717) is 5.02 Å². The molecule has 1 heterocycles. The van der Waals surface area contributed by atoms with E-state index < -0.39 is 6.10 Å². The Hall–Kier alpha value is 0.130. The first-order chi connectivity index (χ1) is 7.99. The molecule has 17 heavy (non-hydrogen) atoms. The van der Waals surface area contributed by atoms with Crippen molar-refractivity contribution in [1.82, 2.24) is 0 Å². The Balaban J connectivity index is 2.43. The lowest BCUT2D eigenvalue weighted by molar-refractivity contribution is 0.219. The molecule has 0 aliphatic heterocycles. The topological polar surface area (TPSA) is 20.2 Å². The lowest BCUT2D eigenvalue weighted by atomic mass is 10.0. The van der Waals surface area contributed by atoms with E-state index in [4.69, 9.17) is 11.6 Å². The summed E-state index contributed by atoms with van der Waals surface area (Å²) in [6.07, 6.45) is -0.635. The van der Waals surface area contributed by atoms with E-state index in [-0.39, 0.29) is 0 Å². The number of benzene rings is 1. The number of hydrogen-bond donors (Lipinski definition) is 1. The van der Waals surface area contributed by atoms with Gasteiger partial charge in [0.1, 0.15) is 6.10 Å². The first kappa shape index (κ1) is 13.6. The van der Waals surface area contributed by atoms with Crippen LogP contribution in [-0.2, 0) is 0 Å². The third kappa shape index (κ3) is 2.93. The second kappa shape index (κ2) is 5.41. The van der Waals surface area contributed by atoms with Crippen molar-refractivity contribution in [3.63, 3.8) is 0 Å². The second-order valence-electron chi connectivity index (χ2n) is 3.63. The summed E-state index contributed by atoms with van der Waals surface area (Å²) in [6.45, 7) is 2.00. The van der Waals surface area contributed by atoms with E-state index >= 15 is 0 Å². The van der Waals surface area contributed by atoms with Gasteiger partial charge in [0.05, 0.1) is 3.79 Å². The largest absolute Gasteiger partial charge is 0.384 e. The minimum absolute atomic E-state index is 0.635. The summed E-state index contributed by atoms with van der Waals surface area (Å²) in [5, 5.41) is 11.0. The minimum atomic E-state index is -0.635. The molecule has 0 saturated heterocycles. The normalized spacial score (nSPS) is 12.8. The fraction of sp³-hybridized carbons (Fsp3) is 0.167. The fourth-order valence-electron chi connectivity index (χ4n) is 1.62. The molecule has 1 aromatic carbocycles. The molecule has 0 aliphatic carbocycles. The lowest BCUT2D eigenvalue weighted by Crippen LogP contribution is -2.00. The second-order valence-corrected chi connectivity index (χ2v) is 7.56. The molecule has 0 bridgehead atoms. The van der Waals surface area contributed by atoms with Crippen LogP contribution in [0.15, 0.2) is 32.5 Å². The van der Waals surface area contributed by atoms with Crippen molar-refractivity contribution in [3.8, 4) is 0 Å². The van der Waals surface area contributed by atoms with Crippen LogP contribution < -0.4 is 0 Å². The third-order valence-electron chi connectivity index (χ3n) is 2.48. The highest BCUT2D eigenvalue weighted by Gasteiger charge is 2.17. The zero-order chi connectivity index (χ0) is 12.6. The molecule has 0 radical (unpaired) electrons. The summed E-state index contributed by atoms with van der Waals surface area (Å²) in [7, 11) is 0. The Kier molecular flexibility index (Phi) is 4.31. The van der Waals surface area contributed by atoms with Gasteiger partial charge in [-0.15, -0.1) is 11.3 Å². The Labute approximate surface area is 126 Å². The van der Waals surface area contributed by atoms with E-state index in [1.165, 1.54) is 0 Å². The highest BCUT2D eigenvalue weighted by molar-refractivity contribution is 9.11. The molecule has 0 fully saturated rings. The van der Waals surface area contributed by atoms with Crippen molar-refractivity contribution >= 4 is 54.8 Å². The van der Waals surface area contributed by atoms with Gasteiger partial charge in [0.25, 0.3) is 0 Å². The maximum Gasteiger partial charge on any atom is 0.106 e. The van der Waals surface area contributed by atoms with Gasteiger partial charge in [-0.3, -0.25) is 0 Å². The Morgan fingerprint density at radius 1 is 1.24 bits per heavy atom. The van der Waals surface area contributed by atoms with Gasteiger partial charge >= 0.3 is 0 Å². The van der Waals surface area contributed by atoms with Crippen LogP contribution in [0.1, 0.15) is 22.1 Å². The first-order valence-electron chi connectivity index (χ1n) is 4.88. The number of aryl methyl sites for hydroxylation is 1. The molecule has 0 spiro atoms. The van der Waals surface area contributed by atoms with Gasteiger partial charge < -0.3 is 5.11 Å². The quantitative estimate of drug-likeness (QED) is 0.729.